The molecule has 2 rings (SSSR count). The van der Waals surface area contributed by atoms with Crippen molar-refractivity contribution in [2.75, 3.05) is 12.0 Å². The monoisotopic (exact) mass is 267 g/mol. The maximum Gasteiger partial charge on any atom is 0.126 e. The van der Waals surface area contributed by atoms with Gasteiger partial charge in [0.25, 0.3) is 0 Å². The lowest BCUT2D eigenvalue weighted by Gasteiger charge is -2.12. The molecule has 0 spiro atoms. The van der Waals surface area contributed by atoms with E-state index in [9.17, 15) is 4.39 Å². The Balaban J connectivity index is 2.43. The number of hydrogen-bond donors (Lipinski definition) is 1. The van der Waals surface area contributed by atoms with Crippen LogP contribution in [-0.4, -0.2) is 21.6 Å². The Bertz CT molecular complexity index is 538. The molecule has 0 fully saturated rings. The smallest absolute Gasteiger partial charge is 0.126 e. The van der Waals surface area contributed by atoms with Gasteiger partial charge in [0.05, 0.1) is 17.1 Å². The van der Waals surface area contributed by atoms with Crippen molar-refractivity contribution in [1.29, 1.82) is 0 Å². The standard InChI is InChI=1S/C13H18FN3S/c1-3-17-12-5-4-9(14)8-11(12)16-13(17)10(15)6-7-18-2/h4-5,8,10H,3,6-7,15H2,1-2H3. The van der Waals surface area contributed by atoms with Crippen LogP contribution in [0, 0.1) is 5.82 Å². The second kappa shape index (κ2) is 5.71. The predicted molar refractivity (Wildman–Crippen MR) is 75.3 cm³/mol. The Morgan fingerprint density at radius 2 is 2.28 bits per heavy atom. The summed E-state index contributed by atoms with van der Waals surface area (Å²) in [6.07, 6.45) is 2.94. The van der Waals surface area contributed by atoms with Gasteiger partial charge in [-0.1, -0.05) is 0 Å². The summed E-state index contributed by atoms with van der Waals surface area (Å²) in [6.45, 7) is 2.85. The molecule has 98 valence electrons. The van der Waals surface area contributed by atoms with Gasteiger partial charge in [-0.3, -0.25) is 0 Å². The topological polar surface area (TPSA) is 43.8 Å². The number of hydrogen-bond acceptors (Lipinski definition) is 3. The van der Waals surface area contributed by atoms with Crippen LogP contribution in [0.3, 0.4) is 0 Å². The Labute approximate surface area is 111 Å². The van der Waals surface area contributed by atoms with Crippen molar-refractivity contribution in [3.63, 3.8) is 0 Å². The number of thioether (sulfide) groups is 1. The first-order chi connectivity index (χ1) is 8.67. The van der Waals surface area contributed by atoms with E-state index in [2.05, 4.69) is 22.7 Å². The molecule has 0 aliphatic rings. The van der Waals surface area contributed by atoms with Crippen LogP contribution in [0.5, 0.6) is 0 Å². The lowest BCUT2D eigenvalue weighted by Crippen LogP contribution is -2.17. The van der Waals surface area contributed by atoms with Crippen LogP contribution in [0.25, 0.3) is 11.0 Å². The molecular weight excluding hydrogens is 249 g/mol. The molecule has 3 nitrogen and oxygen atoms in total. The first-order valence-corrected chi connectivity index (χ1v) is 7.47. The number of benzene rings is 1. The van der Waals surface area contributed by atoms with Crippen molar-refractivity contribution in [3.8, 4) is 0 Å². The number of fused-ring (bicyclic) bond motifs is 1. The normalized spacial score (nSPS) is 13.1. The zero-order valence-electron chi connectivity index (χ0n) is 10.7. The average molecular weight is 267 g/mol. The molecule has 2 aromatic rings. The van der Waals surface area contributed by atoms with E-state index in [1.165, 1.54) is 12.1 Å². The average Bonchev–Trinajstić information content (AvgIpc) is 2.73. The van der Waals surface area contributed by atoms with Gasteiger partial charge in [-0.2, -0.15) is 11.8 Å². The number of halogens is 1. The third kappa shape index (κ3) is 2.52. The number of imidazole rings is 1. The largest absolute Gasteiger partial charge is 0.327 e. The minimum absolute atomic E-state index is 0.0899. The number of aryl methyl sites for hydroxylation is 1. The van der Waals surface area contributed by atoms with E-state index in [0.29, 0.717) is 5.52 Å². The van der Waals surface area contributed by atoms with Crippen molar-refractivity contribution in [3.05, 3.63) is 29.8 Å². The third-order valence-electron chi connectivity index (χ3n) is 3.02. The first-order valence-electron chi connectivity index (χ1n) is 6.07. The van der Waals surface area contributed by atoms with E-state index in [4.69, 9.17) is 5.73 Å². The third-order valence-corrected chi connectivity index (χ3v) is 3.66. The zero-order chi connectivity index (χ0) is 13.1. The zero-order valence-corrected chi connectivity index (χ0v) is 11.5. The molecule has 1 heterocycles. The van der Waals surface area contributed by atoms with E-state index in [1.807, 2.05) is 0 Å². The Morgan fingerprint density at radius 1 is 1.50 bits per heavy atom. The van der Waals surface area contributed by atoms with Crippen molar-refractivity contribution in [2.24, 2.45) is 5.73 Å². The minimum atomic E-state index is -0.257. The second-order valence-corrected chi connectivity index (χ2v) is 5.22. The van der Waals surface area contributed by atoms with Gasteiger partial charge in [0.15, 0.2) is 0 Å². The summed E-state index contributed by atoms with van der Waals surface area (Å²) in [5.74, 6) is 1.60. The molecule has 0 aliphatic heterocycles. The van der Waals surface area contributed by atoms with Gasteiger partial charge in [-0.15, -0.1) is 0 Å². The Hall–Kier alpha value is -1.07. The van der Waals surface area contributed by atoms with E-state index in [0.717, 1.165) is 30.1 Å². The lowest BCUT2D eigenvalue weighted by molar-refractivity contribution is 0.601. The fourth-order valence-electron chi connectivity index (χ4n) is 2.11. The molecule has 0 saturated carbocycles. The van der Waals surface area contributed by atoms with Crippen LogP contribution in [0.2, 0.25) is 0 Å². The first kappa shape index (κ1) is 13.4. The van der Waals surface area contributed by atoms with Gasteiger partial charge >= 0.3 is 0 Å². The number of rotatable bonds is 5. The van der Waals surface area contributed by atoms with Gasteiger partial charge in [-0.25, -0.2) is 9.37 Å². The summed E-state index contributed by atoms with van der Waals surface area (Å²) < 4.78 is 15.3. The fraction of sp³-hybridized carbons (Fsp3) is 0.462. The summed E-state index contributed by atoms with van der Waals surface area (Å²) >= 11 is 1.77. The van der Waals surface area contributed by atoms with Gasteiger partial charge in [0.1, 0.15) is 11.6 Å². The van der Waals surface area contributed by atoms with Crippen LogP contribution >= 0.6 is 11.8 Å². The molecular formula is C13H18FN3S. The van der Waals surface area contributed by atoms with Gasteiger partial charge in [0, 0.05) is 12.6 Å². The SMILES string of the molecule is CCn1c(C(N)CCSC)nc2cc(F)ccc21. The molecule has 5 heteroatoms. The van der Waals surface area contributed by atoms with Crippen LogP contribution in [0.4, 0.5) is 4.39 Å². The second-order valence-electron chi connectivity index (χ2n) is 4.24. The maximum atomic E-state index is 13.2. The van der Waals surface area contributed by atoms with E-state index in [-0.39, 0.29) is 11.9 Å². The number of nitrogens with two attached hydrogens (primary N) is 1. The summed E-state index contributed by atoms with van der Waals surface area (Å²) in [4.78, 5) is 4.49. The Kier molecular flexibility index (Phi) is 4.24. The van der Waals surface area contributed by atoms with Crippen molar-refractivity contribution >= 4 is 22.8 Å². The molecule has 0 saturated heterocycles. The highest BCUT2D eigenvalue weighted by molar-refractivity contribution is 7.98. The molecule has 1 atom stereocenters. The summed E-state index contributed by atoms with van der Waals surface area (Å²) in [5.41, 5.74) is 7.81. The lowest BCUT2D eigenvalue weighted by atomic mass is 10.2. The molecule has 2 N–H and O–H groups in total. The van der Waals surface area contributed by atoms with Crippen molar-refractivity contribution in [2.45, 2.75) is 25.9 Å². The van der Waals surface area contributed by atoms with E-state index < -0.39 is 0 Å². The molecule has 1 unspecified atom stereocenters. The van der Waals surface area contributed by atoms with Crippen molar-refractivity contribution in [1.82, 2.24) is 9.55 Å². The molecule has 1 aromatic carbocycles. The highest BCUT2D eigenvalue weighted by Crippen LogP contribution is 2.23. The maximum absolute atomic E-state index is 13.2. The molecule has 1 aromatic heterocycles. The van der Waals surface area contributed by atoms with Crippen LogP contribution in [0.15, 0.2) is 18.2 Å². The molecule has 0 radical (unpaired) electrons. The number of aromatic nitrogens is 2. The molecule has 18 heavy (non-hydrogen) atoms. The van der Waals surface area contributed by atoms with E-state index in [1.54, 1.807) is 17.8 Å². The highest BCUT2D eigenvalue weighted by atomic mass is 32.2. The summed E-state index contributed by atoms with van der Waals surface area (Å²) in [5, 5.41) is 0. The predicted octanol–water partition coefficient (Wildman–Crippen LogP) is 2.95. The quantitative estimate of drug-likeness (QED) is 0.905. The fourth-order valence-corrected chi connectivity index (χ4v) is 2.60. The van der Waals surface area contributed by atoms with Gasteiger partial charge in [-0.05, 0) is 37.5 Å². The van der Waals surface area contributed by atoms with Gasteiger partial charge in [0.2, 0.25) is 0 Å². The van der Waals surface area contributed by atoms with Crippen molar-refractivity contribution < 1.29 is 4.39 Å². The summed E-state index contributed by atoms with van der Waals surface area (Å²) in [7, 11) is 0. The molecule has 0 amide bonds. The minimum Gasteiger partial charge on any atom is -0.327 e. The van der Waals surface area contributed by atoms with Crippen LogP contribution in [0.1, 0.15) is 25.2 Å². The Morgan fingerprint density at radius 3 is 2.94 bits per heavy atom. The van der Waals surface area contributed by atoms with Crippen LogP contribution in [-0.2, 0) is 6.54 Å². The van der Waals surface area contributed by atoms with Crippen LogP contribution < -0.4 is 5.73 Å². The highest BCUT2D eigenvalue weighted by Gasteiger charge is 2.16. The molecule has 0 bridgehead atoms. The van der Waals surface area contributed by atoms with Gasteiger partial charge < -0.3 is 10.3 Å². The van der Waals surface area contributed by atoms with E-state index >= 15 is 0 Å². The number of nitrogens with zero attached hydrogens (tertiary/aromatic N) is 2. The molecule has 0 aliphatic carbocycles. The summed E-state index contributed by atoms with van der Waals surface area (Å²) in [6, 6.07) is 4.61.